The Labute approximate surface area is 127 Å². The number of Topliss-reactive ketones (excluding diaryl/α,β-unsaturated/α-hetero) is 2. The maximum atomic E-state index is 12.7. The fourth-order valence-corrected chi connectivity index (χ4v) is 3.02. The molecule has 0 rings (SSSR count). The third-order valence-electron chi connectivity index (χ3n) is 2.77. The molecule has 0 atom stereocenters. The third-order valence-corrected chi connectivity index (χ3v) is 4.29. The van der Waals surface area contributed by atoms with Crippen molar-refractivity contribution >= 4 is 19.4 Å². The quantitative estimate of drug-likeness (QED) is 0.453. The van der Waals surface area contributed by atoms with Gasteiger partial charge in [0.2, 0.25) is 0 Å². The van der Waals surface area contributed by atoms with Crippen LogP contribution in [-0.4, -0.2) is 30.4 Å². The van der Waals surface area contributed by atoms with E-state index in [1.807, 2.05) is 27.7 Å². The molecule has 0 N–H and O–H groups in total. The number of phosphoric ester groups is 1. The first-order valence-corrected chi connectivity index (χ1v) is 8.51. The van der Waals surface area contributed by atoms with Gasteiger partial charge in [-0.3, -0.25) is 23.2 Å². The molecule has 0 saturated heterocycles. The van der Waals surface area contributed by atoms with Crippen LogP contribution < -0.4 is 0 Å². The first-order chi connectivity index (χ1) is 9.43. The van der Waals surface area contributed by atoms with Gasteiger partial charge in [-0.1, -0.05) is 27.7 Å². The third kappa shape index (κ3) is 6.83. The molecule has 0 aliphatic heterocycles. The van der Waals surface area contributed by atoms with Crippen LogP contribution in [0.25, 0.3) is 0 Å². The highest BCUT2D eigenvalue weighted by Crippen LogP contribution is 2.53. The van der Waals surface area contributed by atoms with Crippen molar-refractivity contribution in [3.63, 3.8) is 0 Å². The zero-order valence-corrected chi connectivity index (χ0v) is 14.9. The van der Waals surface area contributed by atoms with Crippen LogP contribution in [0.5, 0.6) is 0 Å². The topological polar surface area (TPSA) is 78.9 Å². The number of carbonyl (C=O) groups excluding carboxylic acids is 2. The molecular formula is C14H27O6P. The number of hydrogen-bond donors (Lipinski definition) is 0. The van der Waals surface area contributed by atoms with E-state index in [9.17, 15) is 14.2 Å². The molecule has 0 aromatic heterocycles. The SMILES string of the molecule is CC(=O)C(C)(OP(=O)(OCC(C)C)OCC(C)C)C(C)=O. The van der Waals surface area contributed by atoms with Gasteiger partial charge in [0.05, 0.1) is 13.2 Å². The van der Waals surface area contributed by atoms with E-state index in [2.05, 4.69) is 0 Å². The molecule has 0 saturated carbocycles. The van der Waals surface area contributed by atoms with E-state index in [-0.39, 0.29) is 25.0 Å². The summed E-state index contributed by atoms with van der Waals surface area (Å²) in [5.41, 5.74) is -1.83. The van der Waals surface area contributed by atoms with Crippen LogP contribution in [0.15, 0.2) is 0 Å². The Morgan fingerprint density at radius 2 is 1.29 bits per heavy atom. The van der Waals surface area contributed by atoms with Crippen molar-refractivity contribution in [1.82, 2.24) is 0 Å². The summed E-state index contributed by atoms with van der Waals surface area (Å²) in [7, 11) is -4.00. The Morgan fingerprint density at radius 3 is 1.52 bits per heavy atom. The Balaban J connectivity index is 5.24. The number of carbonyl (C=O) groups is 2. The highest BCUT2D eigenvalue weighted by atomic mass is 31.2. The highest BCUT2D eigenvalue weighted by molar-refractivity contribution is 7.48. The number of phosphoric acid groups is 1. The number of ketones is 2. The van der Waals surface area contributed by atoms with Gasteiger partial charge in [0.1, 0.15) is 0 Å². The molecule has 0 heterocycles. The normalized spacial score (nSPS) is 13.0. The van der Waals surface area contributed by atoms with Gasteiger partial charge in [-0.15, -0.1) is 0 Å². The van der Waals surface area contributed by atoms with E-state index in [1.54, 1.807) is 0 Å². The molecule has 0 spiro atoms. The Hall–Kier alpha value is -0.550. The molecule has 21 heavy (non-hydrogen) atoms. The Morgan fingerprint density at radius 1 is 0.952 bits per heavy atom. The van der Waals surface area contributed by atoms with Crippen LogP contribution in [0.2, 0.25) is 0 Å². The monoisotopic (exact) mass is 322 g/mol. The standard InChI is InChI=1S/C14H27O6P/c1-10(2)8-18-21(17,19-9-11(3)4)20-14(7,12(5)15)13(6)16/h10-11H,8-9H2,1-7H3. The maximum absolute atomic E-state index is 12.7. The number of rotatable bonds is 10. The van der Waals surface area contributed by atoms with Crippen molar-refractivity contribution in [2.24, 2.45) is 11.8 Å². The molecule has 0 radical (unpaired) electrons. The van der Waals surface area contributed by atoms with Crippen LogP contribution in [0.3, 0.4) is 0 Å². The summed E-state index contributed by atoms with van der Waals surface area (Å²) < 4.78 is 28.4. The molecule has 0 unspecified atom stereocenters. The predicted octanol–water partition coefficient (Wildman–Crippen LogP) is 3.39. The molecule has 0 aromatic carbocycles. The lowest BCUT2D eigenvalue weighted by molar-refractivity contribution is -0.145. The van der Waals surface area contributed by atoms with Gasteiger partial charge in [-0.2, -0.15) is 0 Å². The lowest BCUT2D eigenvalue weighted by Gasteiger charge is -2.29. The van der Waals surface area contributed by atoms with Crippen molar-refractivity contribution in [2.45, 2.75) is 54.1 Å². The summed E-state index contributed by atoms with van der Waals surface area (Å²) >= 11 is 0. The van der Waals surface area contributed by atoms with E-state index in [0.717, 1.165) is 0 Å². The van der Waals surface area contributed by atoms with Gasteiger partial charge >= 0.3 is 7.82 Å². The molecule has 124 valence electrons. The molecule has 0 aliphatic rings. The minimum atomic E-state index is -4.00. The van der Waals surface area contributed by atoms with E-state index in [0.29, 0.717) is 0 Å². The second-order valence-electron chi connectivity index (χ2n) is 6.06. The summed E-state index contributed by atoms with van der Waals surface area (Å²) in [5.74, 6) is -0.885. The minimum Gasteiger partial charge on any atom is -0.296 e. The maximum Gasteiger partial charge on any atom is 0.476 e. The summed E-state index contributed by atoms with van der Waals surface area (Å²) in [6.45, 7) is 11.5. The molecule has 0 fully saturated rings. The van der Waals surface area contributed by atoms with Gasteiger partial charge in [-0.25, -0.2) is 4.57 Å². The van der Waals surface area contributed by atoms with Crippen LogP contribution >= 0.6 is 7.82 Å². The average Bonchev–Trinajstić information content (AvgIpc) is 2.33. The summed E-state index contributed by atoms with van der Waals surface area (Å²) in [5, 5.41) is 0. The van der Waals surface area contributed by atoms with E-state index >= 15 is 0 Å². The van der Waals surface area contributed by atoms with E-state index < -0.39 is 25.0 Å². The molecule has 0 aliphatic carbocycles. The zero-order valence-electron chi connectivity index (χ0n) is 14.0. The second kappa shape index (κ2) is 8.18. The Kier molecular flexibility index (Phi) is 7.97. The van der Waals surface area contributed by atoms with Crippen LogP contribution in [0.4, 0.5) is 0 Å². The lowest BCUT2D eigenvalue weighted by Crippen LogP contribution is -2.43. The lowest BCUT2D eigenvalue weighted by atomic mass is 9.98. The van der Waals surface area contributed by atoms with Gasteiger partial charge in [0, 0.05) is 0 Å². The summed E-state index contributed by atoms with van der Waals surface area (Å²) in [6.07, 6.45) is 0. The Bertz CT molecular complexity index is 386. The first-order valence-electron chi connectivity index (χ1n) is 7.05. The van der Waals surface area contributed by atoms with Crippen molar-refractivity contribution in [3.8, 4) is 0 Å². The molecule has 7 heteroatoms. The minimum absolute atomic E-state index is 0.102. The van der Waals surface area contributed by atoms with Crippen molar-refractivity contribution in [2.75, 3.05) is 13.2 Å². The van der Waals surface area contributed by atoms with Crippen LogP contribution in [0.1, 0.15) is 48.5 Å². The molecule has 0 aromatic rings. The summed E-state index contributed by atoms with van der Waals surface area (Å²) in [4.78, 5) is 23.4. The molecule has 6 nitrogen and oxygen atoms in total. The van der Waals surface area contributed by atoms with Crippen molar-refractivity contribution in [1.29, 1.82) is 0 Å². The average molecular weight is 322 g/mol. The van der Waals surface area contributed by atoms with Gasteiger partial charge in [0.25, 0.3) is 0 Å². The first kappa shape index (κ1) is 20.5. The summed E-state index contributed by atoms with van der Waals surface area (Å²) in [6, 6.07) is 0. The van der Waals surface area contributed by atoms with Crippen molar-refractivity contribution < 1.29 is 27.7 Å². The van der Waals surface area contributed by atoms with Crippen LogP contribution in [0, 0.1) is 11.8 Å². The van der Waals surface area contributed by atoms with Gasteiger partial charge < -0.3 is 0 Å². The number of hydrogen-bond acceptors (Lipinski definition) is 6. The molecule has 0 bridgehead atoms. The second-order valence-corrected chi connectivity index (χ2v) is 7.66. The molecule has 0 amide bonds. The molecular weight excluding hydrogens is 295 g/mol. The van der Waals surface area contributed by atoms with Crippen molar-refractivity contribution in [3.05, 3.63) is 0 Å². The fraction of sp³-hybridized carbons (Fsp3) is 0.857. The zero-order chi connectivity index (χ0) is 16.8. The van der Waals surface area contributed by atoms with Gasteiger partial charge in [0.15, 0.2) is 17.2 Å². The van der Waals surface area contributed by atoms with E-state index in [1.165, 1.54) is 20.8 Å². The van der Waals surface area contributed by atoms with Gasteiger partial charge in [-0.05, 0) is 32.6 Å². The van der Waals surface area contributed by atoms with Crippen LogP contribution in [-0.2, 0) is 27.7 Å². The smallest absolute Gasteiger partial charge is 0.296 e. The predicted molar refractivity (Wildman–Crippen MR) is 80.0 cm³/mol. The largest absolute Gasteiger partial charge is 0.476 e. The highest BCUT2D eigenvalue weighted by Gasteiger charge is 2.45. The fourth-order valence-electron chi connectivity index (χ4n) is 1.17. The van der Waals surface area contributed by atoms with E-state index in [4.69, 9.17) is 13.6 Å².